The van der Waals surface area contributed by atoms with Gasteiger partial charge < -0.3 is 14.8 Å². The normalized spacial score (nSPS) is 20.1. The van der Waals surface area contributed by atoms with Crippen molar-refractivity contribution in [1.82, 2.24) is 4.90 Å². The summed E-state index contributed by atoms with van der Waals surface area (Å²) >= 11 is 0. The van der Waals surface area contributed by atoms with E-state index in [4.69, 9.17) is 0 Å². The molecule has 0 saturated carbocycles. The Hall–Kier alpha value is -1.19. The third-order valence-corrected chi connectivity index (χ3v) is 3.56. The minimum absolute atomic E-state index is 0.587. The molecule has 0 spiro atoms. The van der Waals surface area contributed by atoms with E-state index in [2.05, 4.69) is 4.90 Å². The molecule has 3 nitrogen and oxygen atoms in total. The molecule has 0 atom stereocenters. The van der Waals surface area contributed by atoms with E-state index in [0.29, 0.717) is 6.42 Å². The zero-order valence-electron chi connectivity index (χ0n) is 10.0. The molecule has 1 fully saturated rings. The van der Waals surface area contributed by atoms with Crippen molar-refractivity contribution in [3.05, 3.63) is 35.9 Å². The summed E-state index contributed by atoms with van der Waals surface area (Å²) in [6, 6.07) is 9.87. The summed E-state index contributed by atoms with van der Waals surface area (Å²) in [4.78, 5) is 12.6. The van der Waals surface area contributed by atoms with Crippen molar-refractivity contribution in [3.8, 4) is 0 Å². The highest BCUT2D eigenvalue weighted by Gasteiger charge is 2.33. The van der Waals surface area contributed by atoms with E-state index in [1.165, 1.54) is 0 Å². The zero-order chi connectivity index (χ0) is 12.1. The molecule has 92 valence electrons. The fourth-order valence-corrected chi connectivity index (χ4v) is 2.42. The van der Waals surface area contributed by atoms with Gasteiger partial charge in [0.25, 0.3) is 0 Å². The molecule has 0 amide bonds. The van der Waals surface area contributed by atoms with E-state index in [1.54, 1.807) is 0 Å². The first-order valence-corrected chi connectivity index (χ1v) is 6.18. The summed E-state index contributed by atoms with van der Waals surface area (Å²) in [6.45, 7) is 2.53. The predicted molar refractivity (Wildman–Crippen MR) is 66.7 cm³/mol. The highest BCUT2D eigenvalue weighted by molar-refractivity contribution is 5.49. The third-order valence-electron chi connectivity index (χ3n) is 3.56. The lowest BCUT2D eigenvalue weighted by Gasteiger charge is -2.38. The Bertz CT molecular complexity index is 356. The van der Waals surface area contributed by atoms with Crippen LogP contribution in [-0.2, 0) is 10.4 Å². The van der Waals surface area contributed by atoms with E-state index in [1.807, 2.05) is 30.3 Å². The van der Waals surface area contributed by atoms with Crippen LogP contribution in [0.1, 0.15) is 24.8 Å². The summed E-state index contributed by atoms with van der Waals surface area (Å²) in [7, 11) is 0. The van der Waals surface area contributed by atoms with Crippen molar-refractivity contribution in [2.24, 2.45) is 0 Å². The molecule has 1 aromatic carbocycles. The van der Waals surface area contributed by atoms with Crippen LogP contribution in [0.4, 0.5) is 0 Å². The van der Waals surface area contributed by atoms with Crippen molar-refractivity contribution in [1.29, 1.82) is 0 Å². The fourth-order valence-electron chi connectivity index (χ4n) is 2.42. The van der Waals surface area contributed by atoms with Gasteiger partial charge in [0.2, 0.25) is 0 Å². The highest BCUT2D eigenvalue weighted by atomic mass is 16.3. The van der Waals surface area contributed by atoms with Gasteiger partial charge in [-0.05, 0) is 18.4 Å². The highest BCUT2D eigenvalue weighted by Crippen LogP contribution is 2.32. The first-order valence-electron chi connectivity index (χ1n) is 6.18. The lowest BCUT2D eigenvalue weighted by atomic mass is 9.84. The standard InChI is InChI=1S/C14H19NO2/c16-12-4-9-15-10-7-14(17,8-11-15)13-5-2-1-3-6-13/h1-3,5-6,12,17H,4,7-11H2. The number of piperidine rings is 1. The Morgan fingerprint density at radius 1 is 1.24 bits per heavy atom. The average Bonchev–Trinajstić information content (AvgIpc) is 2.39. The van der Waals surface area contributed by atoms with E-state index in [-0.39, 0.29) is 0 Å². The summed E-state index contributed by atoms with van der Waals surface area (Å²) in [6.07, 6.45) is 3.04. The van der Waals surface area contributed by atoms with Crippen molar-refractivity contribution in [2.75, 3.05) is 19.6 Å². The molecule has 2 rings (SSSR count). The van der Waals surface area contributed by atoms with Crippen LogP contribution in [0.15, 0.2) is 30.3 Å². The average molecular weight is 233 g/mol. The maximum absolute atomic E-state index is 10.6. The summed E-state index contributed by atoms with van der Waals surface area (Å²) < 4.78 is 0. The minimum atomic E-state index is -0.682. The number of hydrogen-bond acceptors (Lipinski definition) is 3. The van der Waals surface area contributed by atoms with E-state index < -0.39 is 5.60 Å². The molecule has 0 radical (unpaired) electrons. The lowest BCUT2D eigenvalue weighted by Crippen LogP contribution is -2.42. The first-order chi connectivity index (χ1) is 8.24. The molecule has 0 aromatic heterocycles. The molecule has 0 aliphatic carbocycles. The zero-order valence-corrected chi connectivity index (χ0v) is 10.0. The molecule has 17 heavy (non-hydrogen) atoms. The number of likely N-dealkylation sites (tertiary alicyclic amines) is 1. The molecule has 1 aliphatic rings. The van der Waals surface area contributed by atoms with Gasteiger partial charge in [0, 0.05) is 26.1 Å². The predicted octanol–water partition coefficient (Wildman–Crippen LogP) is 1.56. The van der Waals surface area contributed by atoms with Gasteiger partial charge >= 0.3 is 0 Å². The second kappa shape index (κ2) is 5.43. The van der Waals surface area contributed by atoms with Crippen molar-refractivity contribution in [3.63, 3.8) is 0 Å². The molecule has 1 aromatic rings. The van der Waals surface area contributed by atoms with Gasteiger partial charge in [0.05, 0.1) is 5.60 Å². The number of carbonyl (C=O) groups is 1. The van der Waals surface area contributed by atoms with Crippen LogP contribution in [0, 0.1) is 0 Å². The quantitative estimate of drug-likeness (QED) is 0.802. The van der Waals surface area contributed by atoms with Crippen LogP contribution >= 0.6 is 0 Å². The van der Waals surface area contributed by atoms with Gasteiger partial charge in [0.15, 0.2) is 0 Å². The Labute approximate surface area is 102 Å². The van der Waals surface area contributed by atoms with Crippen LogP contribution in [0.3, 0.4) is 0 Å². The largest absolute Gasteiger partial charge is 0.385 e. The number of aliphatic hydroxyl groups is 1. The maximum Gasteiger partial charge on any atom is 0.121 e. The number of carbonyl (C=O) groups excluding carboxylic acids is 1. The Balaban J connectivity index is 1.95. The number of benzene rings is 1. The van der Waals surface area contributed by atoms with E-state index >= 15 is 0 Å². The number of hydrogen-bond donors (Lipinski definition) is 1. The van der Waals surface area contributed by atoms with E-state index in [0.717, 1.165) is 44.3 Å². The van der Waals surface area contributed by atoms with Gasteiger partial charge in [-0.1, -0.05) is 30.3 Å². The summed E-state index contributed by atoms with van der Waals surface area (Å²) in [5, 5.41) is 10.6. The fraction of sp³-hybridized carbons (Fsp3) is 0.500. The van der Waals surface area contributed by atoms with Crippen molar-refractivity contribution in [2.45, 2.75) is 24.9 Å². The van der Waals surface area contributed by atoms with Gasteiger partial charge in [-0.25, -0.2) is 0 Å². The Kier molecular flexibility index (Phi) is 3.92. The molecular weight excluding hydrogens is 214 g/mol. The van der Waals surface area contributed by atoms with Gasteiger partial charge in [0.1, 0.15) is 6.29 Å². The van der Waals surface area contributed by atoms with Crippen LogP contribution in [-0.4, -0.2) is 35.9 Å². The van der Waals surface area contributed by atoms with Crippen LogP contribution < -0.4 is 0 Å². The molecular formula is C14H19NO2. The van der Waals surface area contributed by atoms with Crippen molar-refractivity contribution >= 4 is 6.29 Å². The molecule has 1 saturated heterocycles. The topological polar surface area (TPSA) is 40.5 Å². The van der Waals surface area contributed by atoms with Gasteiger partial charge in [-0.2, -0.15) is 0 Å². The monoisotopic (exact) mass is 233 g/mol. The van der Waals surface area contributed by atoms with Crippen LogP contribution in [0.2, 0.25) is 0 Å². The summed E-state index contributed by atoms with van der Waals surface area (Å²) in [5.41, 5.74) is 0.328. The molecule has 1 heterocycles. The Morgan fingerprint density at radius 3 is 2.47 bits per heavy atom. The lowest BCUT2D eigenvalue weighted by molar-refractivity contribution is -0.108. The smallest absolute Gasteiger partial charge is 0.121 e. The molecule has 3 heteroatoms. The summed E-state index contributed by atoms with van der Waals surface area (Å²) in [5.74, 6) is 0. The molecule has 0 unspecified atom stereocenters. The molecule has 1 N–H and O–H groups in total. The third kappa shape index (κ3) is 2.93. The second-order valence-electron chi connectivity index (χ2n) is 4.69. The second-order valence-corrected chi connectivity index (χ2v) is 4.69. The first kappa shape index (κ1) is 12.3. The van der Waals surface area contributed by atoms with Crippen LogP contribution in [0.25, 0.3) is 0 Å². The molecule has 1 aliphatic heterocycles. The number of aldehydes is 1. The van der Waals surface area contributed by atoms with Gasteiger partial charge in [-0.15, -0.1) is 0 Å². The van der Waals surface area contributed by atoms with Crippen LogP contribution in [0.5, 0.6) is 0 Å². The number of rotatable bonds is 4. The van der Waals surface area contributed by atoms with Crippen molar-refractivity contribution < 1.29 is 9.90 Å². The van der Waals surface area contributed by atoms with Gasteiger partial charge in [-0.3, -0.25) is 0 Å². The molecule has 0 bridgehead atoms. The number of nitrogens with zero attached hydrogens (tertiary/aromatic N) is 1. The van der Waals surface area contributed by atoms with E-state index in [9.17, 15) is 9.90 Å². The SMILES string of the molecule is O=CCCN1CCC(O)(c2ccccc2)CC1. The minimum Gasteiger partial charge on any atom is -0.385 e. The maximum atomic E-state index is 10.6. The Morgan fingerprint density at radius 2 is 1.88 bits per heavy atom.